The van der Waals surface area contributed by atoms with Crippen LogP contribution in [0.4, 0.5) is 0 Å². The van der Waals surface area contributed by atoms with Crippen LogP contribution in [-0.2, 0) is 0 Å². The fourth-order valence-electron chi connectivity index (χ4n) is 1.03. The molecule has 0 spiro atoms. The van der Waals surface area contributed by atoms with Gasteiger partial charge in [0.2, 0.25) is 0 Å². The van der Waals surface area contributed by atoms with Crippen LogP contribution in [0, 0.1) is 0 Å². The van der Waals surface area contributed by atoms with Crippen molar-refractivity contribution in [3.8, 4) is 0 Å². The van der Waals surface area contributed by atoms with E-state index in [1.165, 1.54) is 19.3 Å². The highest BCUT2D eigenvalue weighted by Crippen LogP contribution is 2.11. The maximum Gasteiger partial charge on any atom is 0.0531 e. The van der Waals surface area contributed by atoms with E-state index in [1.54, 1.807) is 0 Å². The maximum absolute atomic E-state index is 3.53. The third-order valence-corrected chi connectivity index (χ3v) is 2.56. The minimum absolute atomic E-state index is 0.615. The van der Waals surface area contributed by atoms with Crippen molar-refractivity contribution in [3.05, 3.63) is 0 Å². The predicted octanol–water partition coefficient (Wildman–Crippen LogP) is 2.86. The highest BCUT2D eigenvalue weighted by atomic mass is 32.2. The van der Waals surface area contributed by atoms with Gasteiger partial charge in [0.25, 0.3) is 0 Å². The summed E-state index contributed by atoms with van der Waals surface area (Å²) in [5, 5.41) is 4.19. The van der Waals surface area contributed by atoms with Crippen LogP contribution in [0.3, 0.4) is 0 Å². The summed E-state index contributed by atoms with van der Waals surface area (Å²) < 4.78 is 0. The van der Waals surface area contributed by atoms with Gasteiger partial charge in [0.1, 0.15) is 0 Å². The maximum atomic E-state index is 3.53. The Balaban J connectivity index is 3.41. The van der Waals surface area contributed by atoms with Crippen molar-refractivity contribution in [3.63, 3.8) is 0 Å². The molecular formula is C9H21NS. The second kappa shape index (κ2) is 6.99. The minimum Gasteiger partial charge on any atom is -0.303 e. The summed E-state index contributed by atoms with van der Waals surface area (Å²) >= 11 is 1.93. The topological polar surface area (TPSA) is 12.0 Å². The van der Waals surface area contributed by atoms with E-state index in [0.29, 0.717) is 11.4 Å². The highest BCUT2D eigenvalue weighted by Gasteiger charge is 2.05. The first-order valence-electron chi connectivity index (χ1n) is 4.49. The Kier molecular flexibility index (Phi) is 7.18. The van der Waals surface area contributed by atoms with Crippen LogP contribution in [0.25, 0.3) is 0 Å². The number of unbranched alkanes of at least 4 members (excludes halogenated alkanes) is 1. The van der Waals surface area contributed by atoms with E-state index in [4.69, 9.17) is 0 Å². The van der Waals surface area contributed by atoms with Crippen LogP contribution in [0.2, 0.25) is 0 Å². The van der Waals surface area contributed by atoms with Gasteiger partial charge in [0, 0.05) is 6.04 Å². The lowest BCUT2D eigenvalue weighted by Crippen LogP contribution is -2.31. The quantitative estimate of drug-likeness (QED) is 0.623. The lowest BCUT2D eigenvalue weighted by molar-refractivity contribution is 0.525. The molecule has 0 aliphatic carbocycles. The number of hydrogen-bond acceptors (Lipinski definition) is 2. The molecule has 1 nitrogen and oxygen atoms in total. The van der Waals surface area contributed by atoms with Crippen molar-refractivity contribution in [1.29, 1.82) is 0 Å². The van der Waals surface area contributed by atoms with Crippen molar-refractivity contribution >= 4 is 11.8 Å². The zero-order valence-corrected chi connectivity index (χ0v) is 9.00. The first-order chi connectivity index (χ1) is 5.20. The molecule has 0 saturated carbocycles. The molecule has 0 fully saturated rings. The number of nitrogens with one attached hydrogen (secondary N) is 1. The van der Waals surface area contributed by atoms with Crippen molar-refractivity contribution in [2.45, 2.75) is 51.4 Å². The predicted molar refractivity (Wildman–Crippen MR) is 55.1 cm³/mol. The Bertz CT molecular complexity index is 83.6. The molecule has 11 heavy (non-hydrogen) atoms. The van der Waals surface area contributed by atoms with Gasteiger partial charge in [0.05, 0.1) is 5.37 Å². The standard InChI is InChI=1S/C9H21NS/c1-5-6-7-9(11-4)10-8(2)3/h8-10H,5-7H2,1-4H3. The molecule has 0 aliphatic heterocycles. The summed E-state index contributed by atoms with van der Waals surface area (Å²) in [6, 6.07) is 0.615. The van der Waals surface area contributed by atoms with Crippen LogP contribution in [0.1, 0.15) is 40.0 Å². The van der Waals surface area contributed by atoms with Crippen molar-refractivity contribution in [2.24, 2.45) is 0 Å². The third kappa shape index (κ3) is 6.70. The average molecular weight is 175 g/mol. The van der Waals surface area contributed by atoms with Crippen molar-refractivity contribution in [1.82, 2.24) is 5.32 Å². The van der Waals surface area contributed by atoms with E-state index in [0.717, 1.165) is 0 Å². The van der Waals surface area contributed by atoms with Gasteiger partial charge in [-0.3, -0.25) is 0 Å². The van der Waals surface area contributed by atoms with E-state index < -0.39 is 0 Å². The van der Waals surface area contributed by atoms with Crippen LogP contribution < -0.4 is 5.32 Å². The Hall–Kier alpha value is 0.310. The van der Waals surface area contributed by atoms with Crippen LogP contribution >= 0.6 is 11.8 Å². The number of rotatable bonds is 6. The first kappa shape index (κ1) is 11.3. The summed E-state index contributed by atoms with van der Waals surface area (Å²) in [6.45, 7) is 6.65. The van der Waals surface area contributed by atoms with Gasteiger partial charge in [0.15, 0.2) is 0 Å². The number of hydrogen-bond donors (Lipinski definition) is 1. The molecule has 1 N–H and O–H groups in total. The summed E-state index contributed by atoms with van der Waals surface area (Å²) in [5.74, 6) is 0. The van der Waals surface area contributed by atoms with Crippen molar-refractivity contribution in [2.75, 3.05) is 6.26 Å². The van der Waals surface area contributed by atoms with E-state index in [9.17, 15) is 0 Å². The zero-order chi connectivity index (χ0) is 8.69. The molecule has 0 bridgehead atoms. The molecule has 0 heterocycles. The monoisotopic (exact) mass is 175 g/mol. The lowest BCUT2D eigenvalue weighted by atomic mass is 10.2. The first-order valence-corrected chi connectivity index (χ1v) is 5.78. The van der Waals surface area contributed by atoms with Crippen LogP contribution in [-0.4, -0.2) is 17.7 Å². The molecule has 0 aromatic rings. The smallest absolute Gasteiger partial charge is 0.0531 e. The second-order valence-electron chi connectivity index (χ2n) is 3.19. The minimum atomic E-state index is 0.615. The van der Waals surface area contributed by atoms with E-state index in [2.05, 4.69) is 32.3 Å². The lowest BCUT2D eigenvalue weighted by Gasteiger charge is -2.18. The second-order valence-corrected chi connectivity index (χ2v) is 4.23. The highest BCUT2D eigenvalue weighted by molar-refractivity contribution is 7.99. The largest absolute Gasteiger partial charge is 0.303 e. The Morgan fingerprint density at radius 1 is 1.36 bits per heavy atom. The number of thioether (sulfide) groups is 1. The summed E-state index contributed by atoms with van der Waals surface area (Å²) in [7, 11) is 0. The normalized spacial score (nSPS) is 13.9. The molecule has 2 heteroatoms. The molecule has 0 aromatic carbocycles. The Labute approximate surface area is 75.3 Å². The molecule has 0 aliphatic rings. The Morgan fingerprint density at radius 3 is 2.36 bits per heavy atom. The zero-order valence-electron chi connectivity index (χ0n) is 8.18. The van der Waals surface area contributed by atoms with Gasteiger partial charge in [-0.25, -0.2) is 0 Å². The molecule has 0 radical (unpaired) electrons. The fraction of sp³-hybridized carbons (Fsp3) is 1.00. The molecule has 68 valence electrons. The van der Waals surface area contributed by atoms with Crippen molar-refractivity contribution < 1.29 is 0 Å². The van der Waals surface area contributed by atoms with E-state index >= 15 is 0 Å². The molecular weight excluding hydrogens is 154 g/mol. The van der Waals surface area contributed by atoms with E-state index in [1.807, 2.05) is 11.8 Å². The molecule has 1 atom stereocenters. The molecule has 0 aromatic heterocycles. The Morgan fingerprint density at radius 2 is 2.00 bits per heavy atom. The van der Waals surface area contributed by atoms with Crippen LogP contribution in [0.5, 0.6) is 0 Å². The van der Waals surface area contributed by atoms with Gasteiger partial charge in [-0.05, 0) is 26.5 Å². The van der Waals surface area contributed by atoms with Crippen LogP contribution in [0.15, 0.2) is 0 Å². The van der Waals surface area contributed by atoms with E-state index in [-0.39, 0.29) is 0 Å². The fourth-order valence-corrected chi connectivity index (χ4v) is 1.84. The average Bonchev–Trinajstić information content (AvgIpc) is 1.97. The summed E-state index contributed by atoms with van der Waals surface area (Å²) in [6.07, 6.45) is 6.12. The molecule has 0 rings (SSSR count). The SMILES string of the molecule is CCCCC(NC(C)C)SC. The van der Waals surface area contributed by atoms with Gasteiger partial charge >= 0.3 is 0 Å². The van der Waals surface area contributed by atoms with Gasteiger partial charge in [-0.2, -0.15) is 0 Å². The third-order valence-electron chi connectivity index (χ3n) is 1.62. The van der Waals surface area contributed by atoms with Gasteiger partial charge in [-0.15, -0.1) is 11.8 Å². The summed E-state index contributed by atoms with van der Waals surface area (Å²) in [5.41, 5.74) is 0. The van der Waals surface area contributed by atoms with Gasteiger partial charge < -0.3 is 5.32 Å². The van der Waals surface area contributed by atoms with Gasteiger partial charge in [-0.1, -0.05) is 19.8 Å². The molecule has 0 saturated heterocycles. The molecule has 0 amide bonds. The summed E-state index contributed by atoms with van der Waals surface area (Å²) in [4.78, 5) is 0. The molecule has 1 unspecified atom stereocenters.